The molecule has 102 valence electrons. The molecule has 0 aliphatic carbocycles. The van der Waals surface area contributed by atoms with Crippen LogP contribution in [0, 0.1) is 5.41 Å². The molecule has 0 aliphatic rings. The van der Waals surface area contributed by atoms with E-state index in [1.165, 1.54) is 0 Å². The van der Waals surface area contributed by atoms with Gasteiger partial charge in [-0.15, -0.1) is 5.10 Å². The van der Waals surface area contributed by atoms with Gasteiger partial charge in [-0.25, -0.2) is 0 Å². The molecule has 0 bridgehead atoms. The van der Waals surface area contributed by atoms with Crippen molar-refractivity contribution >= 4 is 0 Å². The molecule has 0 fully saturated rings. The van der Waals surface area contributed by atoms with Gasteiger partial charge in [-0.05, 0) is 24.6 Å². The van der Waals surface area contributed by atoms with Gasteiger partial charge >= 0.3 is 0 Å². The molecule has 2 aromatic heterocycles. The molecule has 0 saturated carbocycles. The van der Waals surface area contributed by atoms with Crippen molar-refractivity contribution in [2.24, 2.45) is 5.41 Å². The standard InChI is InChI=1S/C13H19N5O/c1-13(2,3)9-18(4)8-11-15-12(17-19-11)10-6-5-7-14-16-10/h5-7H,8-9H2,1-4H3. The van der Waals surface area contributed by atoms with Gasteiger partial charge in [0.25, 0.3) is 0 Å². The van der Waals surface area contributed by atoms with Crippen LogP contribution in [0.15, 0.2) is 22.9 Å². The van der Waals surface area contributed by atoms with Gasteiger partial charge < -0.3 is 4.52 Å². The van der Waals surface area contributed by atoms with Gasteiger partial charge in [0.05, 0.1) is 6.54 Å². The average molecular weight is 261 g/mol. The molecule has 6 heteroatoms. The molecule has 2 aromatic rings. The fraction of sp³-hybridized carbons (Fsp3) is 0.538. The van der Waals surface area contributed by atoms with Gasteiger partial charge in [0.1, 0.15) is 5.69 Å². The molecule has 2 heterocycles. The number of hydrogen-bond donors (Lipinski definition) is 0. The van der Waals surface area contributed by atoms with E-state index in [1.807, 2.05) is 7.05 Å². The first-order valence-corrected chi connectivity index (χ1v) is 6.23. The maximum absolute atomic E-state index is 5.23. The van der Waals surface area contributed by atoms with E-state index in [0.717, 1.165) is 6.54 Å². The van der Waals surface area contributed by atoms with Crippen LogP contribution in [0.5, 0.6) is 0 Å². The Morgan fingerprint density at radius 2 is 2.11 bits per heavy atom. The largest absolute Gasteiger partial charge is 0.337 e. The summed E-state index contributed by atoms with van der Waals surface area (Å²) < 4.78 is 5.23. The van der Waals surface area contributed by atoms with E-state index >= 15 is 0 Å². The van der Waals surface area contributed by atoms with Crippen molar-refractivity contribution in [3.63, 3.8) is 0 Å². The summed E-state index contributed by atoms with van der Waals surface area (Å²) in [6.07, 6.45) is 1.61. The summed E-state index contributed by atoms with van der Waals surface area (Å²) in [4.78, 5) is 6.49. The lowest BCUT2D eigenvalue weighted by atomic mass is 9.96. The summed E-state index contributed by atoms with van der Waals surface area (Å²) >= 11 is 0. The second kappa shape index (κ2) is 5.44. The molecule has 0 N–H and O–H groups in total. The van der Waals surface area contributed by atoms with Crippen LogP contribution in [0.3, 0.4) is 0 Å². The molecule has 19 heavy (non-hydrogen) atoms. The van der Waals surface area contributed by atoms with Gasteiger partial charge in [-0.2, -0.15) is 10.1 Å². The summed E-state index contributed by atoms with van der Waals surface area (Å²) in [5, 5.41) is 11.7. The van der Waals surface area contributed by atoms with E-state index in [0.29, 0.717) is 24.0 Å². The zero-order valence-electron chi connectivity index (χ0n) is 11.8. The summed E-state index contributed by atoms with van der Waals surface area (Å²) in [6, 6.07) is 3.60. The highest BCUT2D eigenvalue weighted by Gasteiger charge is 2.16. The van der Waals surface area contributed by atoms with Gasteiger partial charge in [-0.3, -0.25) is 4.90 Å². The summed E-state index contributed by atoms with van der Waals surface area (Å²) in [6.45, 7) is 8.17. The van der Waals surface area contributed by atoms with Gasteiger partial charge in [0.15, 0.2) is 0 Å². The zero-order chi connectivity index (χ0) is 13.9. The summed E-state index contributed by atoms with van der Waals surface area (Å²) in [5.41, 5.74) is 0.860. The fourth-order valence-corrected chi connectivity index (χ4v) is 1.94. The van der Waals surface area contributed by atoms with E-state index in [4.69, 9.17) is 4.52 Å². The highest BCUT2D eigenvalue weighted by Crippen LogP contribution is 2.16. The Labute approximate surface area is 112 Å². The van der Waals surface area contributed by atoms with Crippen molar-refractivity contribution in [2.45, 2.75) is 27.3 Å². The molecular formula is C13H19N5O. The van der Waals surface area contributed by atoms with Crippen molar-refractivity contribution in [3.8, 4) is 11.5 Å². The third-order valence-corrected chi connectivity index (χ3v) is 2.42. The number of nitrogens with zero attached hydrogens (tertiary/aromatic N) is 5. The van der Waals surface area contributed by atoms with Crippen LogP contribution in [-0.2, 0) is 6.54 Å². The zero-order valence-corrected chi connectivity index (χ0v) is 11.8. The molecule has 6 nitrogen and oxygen atoms in total. The van der Waals surface area contributed by atoms with Crippen LogP contribution in [0.1, 0.15) is 26.7 Å². The molecular weight excluding hydrogens is 242 g/mol. The second-order valence-corrected chi connectivity index (χ2v) is 5.85. The quantitative estimate of drug-likeness (QED) is 0.838. The Bertz CT molecular complexity index is 517. The topological polar surface area (TPSA) is 67.9 Å². The van der Waals surface area contributed by atoms with Gasteiger partial charge in [0.2, 0.25) is 11.7 Å². The van der Waals surface area contributed by atoms with Crippen LogP contribution < -0.4 is 0 Å². The normalized spacial score (nSPS) is 12.1. The Morgan fingerprint density at radius 3 is 2.74 bits per heavy atom. The molecule has 0 aromatic carbocycles. The smallest absolute Gasteiger partial charge is 0.241 e. The molecule has 2 rings (SSSR count). The Hall–Kier alpha value is -1.82. The fourth-order valence-electron chi connectivity index (χ4n) is 1.94. The van der Waals surface area contributed by atoms with Crippen molar-refractivity contribution in [1.29, 1.82) is 0 Å². The van der Waals surface area contributed by atoms with Crippen molar-refractivity contribution < 1.29 is 4.52 Å². The third-order valence-electron chi connectivity index (χ3n) is 2.42. The first-order chi connectivity index (χ1) is 8.94. The van der Waals surface area contributed by atoms with Crippen molar-refractivity contribution in [2.75, 3.05) is 13.6 Å². The Kier molecular flexibility index (Phi) is 3.90. The van der Waals surface area contributed by atoms with E-state index in [2.05, 4.69) is 46.0 Å². The maximum atomic E-state index is 5.23. The monoisotopic (exact) mass is 261 g/mol. The molecule has 0 aliphatic heterocycles. The van der Waals surface area contributed by atoms with Gasteiger partial charge in [0, 0.05) is 12.7 Å². The molecule has 0 amide bonds. The van der Waals surface area contributed by atoms with E-state index in [1.54, 1.807) is 18.3 Å². The highest BCUT2D eigenvalue weighted by atomic mass is 16.5. The number of hydrogen-bond acceptors (Lipinski definition) is 6. The molecule has 0 unspecified atom stereocenters. The Morgan fingerprint density at radius 1 is 1.32 bits per heavy atom. The number of rotatable bonds is 4. The highest BCUT2D eigenvalue weighted by molar-refractivity contribution is 5.46. The van der Waals surface area contributed by atoms with Crippen molar-refractivity contribution in [3.05, 3.63) is 24.2 Å². The van der Waals surface area contributed by atoms with E-state index < -0.39 is 0 Å². The van der Waals surface area contributed by atoms with Crippen LogP contribution in [0.4, 0.5) is 0 Å². The third kappa shape index (κ3) is 4.10. The maximum Gasteiger partial charge on any atom is 0.241 e. The minimum Gasteiger partial charge on any atom is -0.337 e. The van der Waals surface area contributed by atoms with Crippen molar-refractivity contribution in [1.82, 2.24) is 25.2 Å². The predicted molar refractivity (Wildman–Crippen MR) is 71.1 cm³/mol. The predicted octanol–water partition coefficient (Wildman–Crippen LogP) is 2.00. The van der Waals surface area contributed by atoms with E-state index in [-0.39, 0.29) is 5.41 Å². The first kappa shape index (κ1) is 13.6. The lowest BCUT2D eigenvalue weighted by Gasteiger charge is -2.25. The van der Waals surface area contributed by atoms with Crippen LogP contribution >= 0.6 is 0 Å². The Balaban J connectivity index is 2.02. The number of aromatic nitrogens is 4. The minimum atomic E-state index is 0.239. The second-order valence-electron chi connectivity index (χ2n) is 5.85. The van der Waals surface area contributed by atoms with Gasteiger partial charge in [-0.1, -0.05) is 25.9 Å². The SMILES string of the molecule is CN(Cc1nc(-c2cccnn2)no1)CC(C)(C)C. The average Bonchev–Trinajstić information content (AvgIpc) is 2.76. The molecule has 0 radical (unpaired) electrons. The van der Waals surface area contributed by atoms with Crippen LogP contribution in [0.2, 0.25) is 0 Å². The van der Waals surface area contributed by atoms with Crippen LogP contribution in [0.25, 0.3) is 11.5 Å². The summed E-state index contributed by atoms with van der Waals surface area (Å²) in [5.74, 6) is 1.07. The lowest BCUT2D eigenvalue weighted by Crippen LogP contribution is -2.28. The molecule has 0 spiro atoms. The molecule has 0 atom stereocenters. The lowest BCUT2D eigenvalue weighted by molar-refractivity contribution is 0.198. The summed E-state index contributed by atoms with van der Waals surface area (Å²) in [7, 11) is 2.04. The molecule has 0 saturated heterocycles. The first-order valence-electron chi connectivity index (χ1n) is 6.23. The van der Waals surface area contributed by atoms with Crippen LogP contribution in [-0.4, -0.2) is 38.8 Å². The minimum absolute atomic E-state index is 0.239. The van der Waals surface area contributed by atoms with E-state index in [9.17, 15) is 0 Å².